The van der Waals surface area contributed by atoms with Gasteiger partial charge in [0, 0.05) is 17.6 Å². The van der Waals surface area contributed by atoms with Crippen LogP contribution in [0.15, 0.2) is 30.5 Å². The summed E-state index contributed by atoms with van der Waals surface area (Å²) in [4.78, 5) is 0. The summed E-state index contributed by atoms with van der Waals surface area (Å²) < 4.78 is 7.84. The molecular weight excluding hydrogens is 202 g/mol. The molecule has 1 saturated carbocycles. The summed E-state index contributed by atoms with van der Waals surface area (Å²) in [6.45, 7) is 0.410. The van der Waals surface area contributed by atoms with Gasteiger partial charge < -0.3 is 14.4 Å². The van der Waals surface area contributed by atoms with Gasteiger partial charge in [-0.25, -0.2) is 0 Å². The van der Waals surface area contributed by atoms with Crippen molar-refractivity contribution < 1.29 is 9.84 Å². The van der Waals surface area contributed by atoms with Crippen LogP contribution >= 0.6 is 0 Å². The minimum atomic E-state index is 0.0553. The molecule has 0 amide bonds. The van der Waals surface area contributed by atoms with Crippen LogP contribution in [0.2, 0.25) is 0 Å². The van der Waals surface area contributed by atoms with Gasteiger partial charge in [-0.1, -0.05) is 6.07 Å². The van der Waals surface area contributed by atoms with Gasteiger partial charge in [0.2, 0.25) is 0 Å². The second-order valence-electron chi connectivity index (χ2n) is 4.22. The van der Waals surface area contributed by atoms with E-state index in [0.29, 0.717) is 12.6 Å². The van der Waals surface area contributed by atoms with E-state index in [-0.39, 0.29) is 6.61 Å². The molecule has 3 heteroatoms. The van der Waals surface area contributed by atoms with Crippen LogP contribution in [0.3, 0.4) is 0 Å². The van der Waals surface area contributed by atoms with E-state index in [1.54, 1.807) is 0 Å². The molecule has 3 rings (SSSR count). The molecule has 84 valence electrons. The molecule has 1 aromatic carbocycles. The monoisotopic (exact) mass is 217 g/mol. The number of hydrogen-bond acceptors (Lipinski definition) is 2. The van der Waals surface area contributed by atoms with E-state index < -0.39 is 0 Å². The summed E-state index contributed by atoms with van der Waals surface area (Å²) in [7, 11) is 0. The van der Waals surface area contributed by atoms with Gasteiger partial charge in [-0.3, -0.25) is 0 Å². The van der Waals surface area contributed by atoms with Gasteiger partial charge in [-0.05, 0) is 31.0 Å². The number of fused-ring (bicyclic) bond motifs is 1. The van der Waals surface area contributed by atoms with Crippen molar-refractivity contribution in [3.63, 3.8) is 0 Å². The Morgan fingerprint density at radius 3 is 2.94 bits per heavy atom. The van der Waals surface area contributed by atoms with Crippen molar-refractivity contribution >= 4 is 10.9 Å². The molecule has 0 radical (unpaired) electrons. The summed E-state index contributed by atoms with van der Waals surface area (Å²) in [5, 5.41) is 9.91. The standard InChI is InChI=1S/C13H15NO2/c15-8-9-16-13-3-1-2-12-11(13)6-7-14(12)10-4-5-10/h1-3,6-7,10,15H,4-5,8-9H2. The maximum Gasteiger partial charge on any atom is 0.128 e. The highest BCUT2D eigenvalue weighted by Crippen LogP contribution is 2.39. The molecule has 1 fully saturated rings. The summed E-state index contributed by atoms with van der Waals surface area (Å²) in [5.74, 6) is 0.867. The van der Waals surface area contributed by atoms with Gasteiger partial charge in [0.1, 0.15) is 12.4 Å². The molecule has 0 unspecified atom stereocenters. The lowest BCUT2D eigenvalue weighted by molar-refractivity contribution is 0.203. The van der Waals surface area contributed by atoms with Crippen LogP contribution in [0.25, 0.3) is 10.9 Å². The van der Waals surface area contributed by atoms with Crippen LogP contribution in [0, 0.1) is 0 Å². The molecule has 0 saturated heterocycles. The summed E-state index contributed by atoms with van der Waals surface area (Å²) in [6.07, 6.45) is 4.70. The van der Waals surface area contributed by atoms with Crippen molar-refractivity contribution in [3.8, 4) is 5.75 Å². The van der Waals surface area contributed by atoms with Gasteiger partial charge in [0.05, 0.1) is 12.1 Å². The average Bonchev–Trinajstić information content (AvgIpc) is 3.06. The first-order valence-corrected chi connectivity index (χ1v) is 5.73. The predicted octanol–water partition coefficient (Wildman–Crippen LogP) is 2.35. The van der Waals surface area contributed by atoms with Gasteiger partial charge in [0.15, 0.2) is 0 Å². The summed E-state index contributed by atoms with van der Waals surface area (Å²) >= 11 is 0. The molecular formula is C13H15NO2. The van der Waals surface area contributed by atoms with E-state index in [2.05, 4.69) is 22.9 Å². The molecule has 1 heterocycles. The lowest BCUT2D eigenvalue weighted by Crippen LogP contribution is -2.01. The third kappa shape index (κ3) is 1.57. The van der Waals surface area contributed by atoms with Crippen LogP contribution in [-0.4, -0.2) is 22.9 Å². The fraction of sp³-hybridized carbons (Fsp3) is 0.385. The lowest BCUT2D eigenvalue weighted by Gasteiger charge is -2.07. The first kappa shape index (κ1) is 9.73. The van der Waals surface area contributed by atoms with E-state index in [1.807, 2.05) is 12.1 Å². The second kappa shape index (κ2) is 3.83. The maximum atomic E-state index is 8.77. The highest BCUT2D eigenvalue weighted by atomic mass is 16.5. The zero-order valence-corrected chi connectivity index (χ0v) is 9.10. The van der Waals surface area contributed by atoms with Crippen molar-refractivity contribution in [2.24, 2.45) is 0 Å². The smallest absolute Gasteiger partial charge is 0.128 e. The van der Waals surface area contributed by atoms with Gasteiger partial charge in [0.25, 0.3) is 0 Å². The number of ether oxygens (including phenoxy) is 1. The predicted molar refractivity (Wildman–Crippen MR) is 62.8 cm³/mol. The molecule has 1 aliphatic rings. The molecule has 2 aromatic rings. The van der Waals surface area contributed by atoms with E-state index in [4.69, 9.17) is 9.84 Å². The SMILES string of the molecule is OCCOc1cccc2c1ccn2C1CC1. The number of hydrogen-bond donors (Lipinski definition) is 1. The number of aromatic nitrogens is 1. The maximum absolute atomic E-state index is 8.77. The molecule has 0 bridgehead atoms. The molecule has 0 atom stereocenters. The van der Waals surface area contributed by atoms with Crippen LogP contribution in [0.1, 0.15) is 18.9 Å². The van der Waals surface area contributed by atoms with Crippen LogP contribution in [-0.2, 0) is 0 Å². The Morgan fingerprint density at radius 1 is 1.31 bits per heavy atom. The van der Waals surface area contributed by atoms with Crippen molar-refractivity contribution in [1.82, 2.24) is 4.57 Å². The summed E-state index contributed by atoms with van der Waals surface area (Å²) in [5.41, 5.74) is 1.23. The minimum Gasteiger partial charge on any atom is -0.490 e. The Kier molecular flexibility index (Phi) is 2.33. The van der Waals surface area contributed by atoms with Crippen LogP contribution < -0.4 is 4.74 Å². The Labute approximate surface area is 94.3 Å². The minimum absolute atomic E-state index is 0.0553. The Morgan fingerprint density at radius 2 is 2.19 bits per heavy atom. The first-order valence-electron chi connectivity index (χ1n) is 5.73. The highest BCUT2D eigenvalue weighted by Gasteiger charge is 2.24. The number of benzene rings is 1. The lowest BCUT2D eigenvalue weighted by atomic mass is 10.2. The normalized spacial score (nSPS) is 15.6. The topological polar surface area (TPSA) is 34.4 Å². The van der Waals surface area contributed by atoms with Gasteiger partial charge in [-0.2, -0.15) is 0 Å². The number of aliphatic hydroxyl groups excluding tert-OH is 1. The largest absolute Gasteiger partial charge is 0.490 e. The quantitative estimate of drug-likeness (QED) is 0.853. The average molecular weight is 217 g/mol. The van der Waals surface area contributed by atoms with Crippen LogP contribution in [0.5, 0.6) is 5.75 Å². The number of rotatable bonds is 4. The summed E-state index contributed by atoms with van der Waals surface area (Å²) in [6, 6.07) is 8.87. The number of nitrogens with zero attached hydrogens (tertiary/aromatic N) is 1. The van der Waals surface area contributed by atoms with E-state index in [9.17, 15) is 0 Å². The van der Waals surface area contributed by atoms with Crippen LogP contribution in [0.4, 0.5) is 0 Å². The third-order valence-corrected chi connectivity index (χ3v) is 3.01. The molecule has 3 nitrogen and oxygen atoms in total. The fourth-order valence-electron chi connectivity index (χ4n) is 2.11. The zero-order chi connectivity index (χ0) is 11.0. The van der Waals surface area contributed by atoms with Crippen molar-refractivity contribution in [1.29, 1.82) is 0 Å². The Balaban J connectivity index is 2.02. The van der Waals surface area contributed by atoms with Crippen molar-refractivity contribution in [3.05, 3.63) is 30.5 Å². The molecule has 0 spiro atoms. The van der Waals surface area contributed by atoms with Gasteiger partial charge in [-0.15, -0.1) is 0 Å². The molecule has 16 heavy (non-hydrogen) atoms. The Hall–Kier alpha value is -1.48. The molecule has 0 aliphatic heterocycles. The van der Waals surface area contributed by atoms with Crippen molar-refractivity contribution in [2.75, 3.05) is 13.2 Å². The molecule has 1 aliphatic carbocycles. The molecule has 1 N–H and O–H groups in total. The first-order chi connectivity index (χ1) is 7.90. The van der Waals surface area contributed by atoms with Gasteiger partial charge >= 0.3 is 0 Å². The Bertz CT molecular complexity index is 500. The number of aliphatic hydroxyl groups is 1. The third-order valence-electron chi connectivity index (χ3n) is 3.01. The fourth-order valence-corrected chi connectivity index (χ4v) is 2.11. The van der Waals surface area contributed by atoms with Crippen molar-refractivity contribution in [2.45, 2.75) is 18.9 Å². The highest BCUT2D eigenvalue weighted by molar-refractivity contribution is 5.86. The van der Waals surface area contributed by atoms with E-state index in [0.717, 1.165) is 11.1 Å². The van der Waals surface area contributed by atoms with E-state index >= 15 is 0 Å². The second-order valence-corrected chi connectivity index (χ2v) is 4.22. The van der Waals surface area contributed by atoms with E-state index in [1.165, 1.54) is 18.4 Å². The zero-order valence-electron chi connectivity index (χ0n) is 9.10. The molecule has 1 aromatic heterocycles.